The Morgan fingerprint density at radius 3 is 1.84 bits per heavy atom. The fourth-order valence-electron chi connectivity index (χ4n) is 2.94. The van der Waals surface area contributed by atoms with Gasteiger partial charge in [-0.3, -0.25) is 0 Å². The number of rotatable bonds is 7. The molecule has 0 saturated carbocycles. The van der Waals surface area contributed by atoms with Crippen molar-refractivity contribution in [3.05, 3.63) is 29.3 Å². The van der Waals surface area contributed by atoms with Crippen molar-refractivity contribution in [2.24, 2.45) is 0 Å². The molecule has 0 saturated heterocycles. The zero-order chi connectivity index (χ0) is 18.6. The minimum atomic E-state index is -0.229. The van der Waals surface area contributed by atoms with E-state index in [1.807, 2.05) is 13.0 Å². The molecule has 0 aliphatic carbocycles. The lowest BCUT2D eigenvalue weighted by molar-refractivity contribution is 0.272. The summed E-state index contributed by atoms with van der Waals surface area (Å²) in [5, 5.41) is 9.99. The Bertz CT molecular complexity index is 724. The Hall–Kier alpha value is -2.60. The van der Waals surface area contributed by atoms with Crippen molar-refractivity contribution in [2.45, 2.75) is 13.5 Å². The highest BCUT2D eigenvalue weighted by atomic mass is 16.5. The number of ether oxygens (including phenoxy) is 5. The van der Waals surface area contributed by atoms with Gasteiger partial charge in [0, 0.05) is 28.8 Å². The number of hydrogen-bond donors (Lipinski definition) is 1. The topological polar surface area (TPSA) is 66.4 Å². The van der Waals surface area contributed by atoms with Crippen LogP contribution in [0.5, 0.6) is 28.7 Å². The summed E-state index contributed by atoms with van der Waals surface area (Å²) in [6.07, 6.45) is 0. The third-order valence-electron chi connectivity index (χ3n) is 4.09. The first-order chi connectivity index (χ1) is 12.1. The maximum absolute atomic E-state index is 9.99. The Morgan fingerprint density at radius 2 is 1.36 bits per heavy atom. The van der Waals surface area contributed by atoms with E-state index in [1.54, 1.807) is 47.7 Å². The fourth-order valence-corrected chi connectivity index (χ4v) is 2.94. The molecular formula is C19H24O6. The van der Waals surface area contributed by atoms with E-state index >= 15 is 0 Å². The first kappa shape index (κ1) is 18.7. The molecule has 0 heterocycles. The summed E-state index contributed by atoms with van der Waals surface area (Å²) in [5.41, 5.74) is 2.94. The van der Waals surface area contributed by atoms with Crippen molar-refractivity contribution >= 4 is 0 Å². The summed E-state index contributed by atoms with van der Waals surface area (Å²) in [4.78, 5) is 0. The first-order valence-corrected chi connectivity index (χ1v) is 7.71. The van der Waals surface area contributed by atoms with E-state index < -0.39 is 0 Å². The Morgan fingerprint density at radius 1 is 0.720 bits per heavy atom. The molecule has 0 atom stereocenters. The molecule has 0 bridgehead atoms. The van der Waals surface area contributed by atoms with Gasteiger partial charge >= 0.3 is 0 Å². The summed E-state index contributed by atoms with van der Waals surface area (Å²) in [6.45, 7) is 1.71. The normalized spacial score (nSPS) is 10.4. The first-order valence-electron chi connectivity index (χ1n) is 7.71. The summed E-state index contributed by atoms with van der Waals surface area (Å²) in [7, 11) is 7.84. The zero-order valence-electron chi connectivity index (χ0n) is 15.4. The third kappa shape index (κ3) is 3.30. The standard InChI is InChI=1S/C19H24O6/c1-11-7-12(21-2)8-15(23-4)17(11)18-13(10-20)14(22-3)9-16(24-5)19(18)25-6/h7-9,20H,10H2,1-6H3. The van der Waals surface area contributed by atoms with E-state index in [0.717, 1.165) is 11.1 Å². The SMILES string of the molecule is COc1cc(C)c(-c2c(CO)c(OC)cc(OC)c2OC)c(OC)c1. The van der Waals surface area contributed by atoms with Crippen LogP contribution in [-0.4, -0.2) is 40.7 Å². The zero-order valence-corrected chi connectivity index (χ0v) is 15.4. The van der Waals surface area contributed by atoms with Crippen LogP contribution in [0.2, 0.25) is 0 Å². The average molecular weight is 348 g/mol. The van der Waals surface area contributed by atoms with Crippen molar-refractivity contribution in [2.75, 3.05) is 35.5 Å². The maximum Gasteiger partial charge on any atom is 0.169 e. The van der Waals surface area contributed by atoms with Gasteiger partial charge in [0.2, 0.25) is 0 Å². The summed E-state index contributed by atoms with van der Waals surface area (Å²) in [6, 6.07) is 5.37. The van der Waals surface area contributed by atoms with E-state index in [0.29, 0.717) is 39.9 Å². The van der Waals surface area contributed by atoms with Gasteiger partial charge < -0.3 is 28.8 Å². The molecule has 0 aromatic heterocycles. The number of benzene rings is 2. The Kier molecular flexibility index (Phi) is 5.98. The maximum atomic E-state index is 9.99. The van der Waals surface area contributed by atoms with Gasteiger partial charge in [0.05, 0.1) is 42.2 Å². The molecule has 2 aromatic carbocycles. The Labute approximate surface area is 147 Å². The van der Waals surface area contributed by atoms with Gasteiger partial charge in [0.25, 0.3) is 0 Å². The van der Waals surface area contributed by atoms with Crippen LogP contribution >= 0.6 is 0 Å². The molecule has 1 N–H and O–H groups in total. The van der Waals surface area contributed by atoms with Crippen LogP contribution in [0.25, 0.3) is 11.1 Å². The van der Waals surface area contributed by atoms with Gasteiger partial charge in [-0.25, -0.2) is 0 Å². The third-order valence-corrected chi connectivity index (χ3v) is 4.09. The molecule has 0 aliphatic rings. The molecule has 136 valence electrons. The number of aryl methyl sites for hydroxylation is 1. The van der Waals surface area contributed by atoms with Crippen LogP contribution in [0.4, 0.5) is 0 Å². The largest absolute Gasteiger partial charge is 0.497 e. The van der Waals surface area contributed by atoms with Gasteiger partial charge in [0.1, 0.15) is 17.2 Å². The molecule has 0 fully saturated rings. The van der Waals surface area contributed by atoms with Crippen LogP contribution in [0.3, 0.4) is 0 Å². The van der Waals surface area contributed by atoms with Gasteiger partial charge in [-0.1, -0.05) is 0 Å². The van der Waals surface area contributed by atoms with E-state index in [2.05, 4.69) is 0 Å². The second-order valence-corrected chi connectivity index (χ2v) is 5.35. The number of aliphatic hydroxyl groups excluding tert-OH is 1. The van der Waals surface area contributed by atoms with Gasteiger partial charge in [-0.15, -0.1) is 0 Å². The molecule has 0 amide bonds. The quantitative estimate of drug-likeness (QED) is 0.829. The highest BCUT2D eigenvalue weighted by Crippen LogP contribution is 2.49. The summed E-state index contributed by atoms with van der Waals surface area (Å²) < 4.78 is 27.4. The molecule has 2 aromatic rings. The molecule has 0 radical (unpaired) electrons. The van der Waals surface area contributed by atoms with Crippen LogP contribution in [-0.2, 0) is 6.61 Å². The monoisotopic (exact) mass is 348 g/mol. The molecule has 0 unspecified atom stereocenters. The average Bonchev–Trinajstić information content (AvgIpc) is 2.65. The van der Waals surface area contributed by atoms with E-state index in [4.69, 9.17) is 23.7 Å². The predicted octanol–water partition coefficient (Wildman–Crippen LogP) is 3.20. The minimum Gasteiger partial charge on any atom is -0.497 e. The van der Waals surface area contributed by atoms with Crippen molar-refractivity contribution < 1.29 is 28.8 Å². The van der Waals surface area contributed by atoms with Gasteiger partial charge in [-0.05, 0) is 18.6 Å². The molecule has 0 spiro atoms. The minimum absolute atomic E-state index is 0.229. The van der Waals surface area contributed by atoms with Crippen molar-refractivity contribution in [3.8, 4) is 39.9 Å². The lowest BCUT2D eigenvalue weighted by atomic mass is 9.92. The highest BCUT2D eigenvalue weighted by Gasteiger charge is 2.25. The summed E-state index contributed by atoms with van der Waals surface area (Å²) in [5.74, 6) is 2.78. The van der Waals surface area contributed by atoms with E-state index in [1.165, 1.54) is 0 Å². The molecule has 6 nitrogen and oxygen atoms in total. The highest BCUT2D eigenvalue weighted by molar-refractivity contribution is 5.86. The second-order valence-electron chi connectivity index (χ2n) is 5.35. The van der Waals surface area contributed by atoms with Crippen LogP contribution in [0.1, 0.15) is 11.1 Å². The van der Waals surface area contributed by atoms with E-state index in [9.17, 15) is 5.11 Å². The molecule has 2 rings (SSSR count). The number of hydrogen-bond acceptors (Lipinski definition) is 6. The molecule has 25 heavy (non-hydrogen) atoms. The smallest absolute Gasteiger partial charge is 0.169 e. The van der Waals surface area contributed by atoms with Crippen molar-refractivity contribution in [1.82, 2.24) is 0 Å². The van der Waals surface area contributed by atoms with Crippen LogP contribution in [0.15, 0.2) is 18.2 Å². The Balaban J connectivity index is 2.95. The van der Waals surface area contributed by atoms with E-state index in [-0.39, 0.29) is 6.61 Å². The van der Waals surface area contributed by atoms with Crippen molar-refractivity contribution in [1.29, 1.82) is 0 Å². The summed E-state index contributed by atoms with van der Waals surface area (Å²) >= 11 is 0. The van der Waals surface area contributed by atoms with Crippen molar-refractivity contribution in [3.63, 3.8) is 0 Å². The lowest BCUT2D eigenvalue weighted by Gasteiger charge is -2.22. The second kappa shape index (κ2) is 7.98. The van der Waals surface area contributed by atoms with Gasteiger partial charge in [0.15, 0.2) is 11.5 Å². The van der Waals surface area contributed by atoms with Crippen LogP contribution < -0.4 is 23.7 Å². The molecule has 6 heteroatoms. The lowest BCUT2D eigenvalue weighted by Crippen LogP contribution is -2.04. The number of methoxy groups -OCH3 is 5. The molecule has 0 aliphatic heterocycles. The molecular weight excluding hydrogens is 324 g/mol. The fraction of sp³-hybridized carbons (Fsp3) is 0.368. The predicted molar refractivity (Wildman–Crippen MR) is 95.3 cm³/mol. The van der Waals surface area contributed by atoms with Gasteiger partial charge in [-0.2, -0.15) is 0 Å². The van der Waals surface area contributed by atoms with Crippen LogP contribution in [0, 0.1) is 6.92 Å². The number of aliphatic hydroxyl groups is 1.